The number of alkyl halides is 2. The van der Waals surface area contributed by atoms with Gasteiger partial charge < -0.3 is 9.15 Å². The number of fused-ring (bicyclic) bond motifs is 1. The zero-order valence-electron chi connectivity index (χ0n) is 10.8. The molecule has 0 atom stereocenters. The van der Waals surface area contributed by atoms with Gasteiger partial charge in [-0.2, -0.15) is 8.78 Å². The summed E-state index contributed by atoms with van der Waals surface area (Å²) >= 11 is 0. The molecule has 0 unspecified atom stereocenters. The molecule has 106 valence electrons. The molecular weight excluding hydrogens is 278 g/mol. The summed E-state index contributed by atoms with van der Waals surface area (Å²) in [4.78, 5) is 12.4. The Morgan fingerprint density at radius 2 is 1.76 bits per heavy atom. The van der Waals surface area contributed by atoms with Crippen molar-refractivity contribution in [1.29, 1.82) is 0 Å². The van der Waals surface area contributed by atoms with Crippen LogP contribution in [0.3, 0.4) is 0 Å². The predicted molar refractivity (Wildman–Crippen MR) is 72.7 cm³/mol. The summed E-state index contributed by atoms with van der Waals surface area (Å²) < 4.78 is 34.6. The van der Waals surface area contributed by atoms with Gasteiger partial charge in [0.25, 0.3) is 0 Å². The van der Waals surface area contributed by atoms with E-state index in [1.54, 1.807) is 30.3 Å². The van der Waals surface area contributed by atoms with E-state index in [1.807, 2.05) is 6.07 Å². The molecule has 0 N–H and O–H groups in total. The van der Waals surface area contributed by atoms with Crippen LogP contribution in [0.1, 0.15) is 16.1 Å². The van der Waals surface area contributed by atoms with Crippen LogP contribution in [0.2, 0.25) is 0 Å². The van der Waals surface area contributed by atoms with Crippen LogP contribution in [0.5, 0.6) is 5.75 Å². The molecule has 0 aliphatic carbocycles. The third-order valence-corrected chi connectivity index (χ3v) is 3.00. The van der Waals surface area contributed by atoms with Gasteiger partial charge in [0.05, 0.1) is 5.56 Å². The lowest BCUT2D eigenvalue weighted by Gasteiger charge is -2.08. The highest BCUT2D eigenvalue weighted by molar-refractivity contribution is 6.10. The van der Waals surface area contributed by atoms with Crippen molar-refractivity contribution < 1.29 is 22.7 Å². The fourth-order valence-electron chi connectivity index (χ4n) is 2.08. The van der Waals surface area contributed by atoms with Crippen LogP contribution in [-0.4, -0.2) is 12.4 Å². The van der Waals surface area contributed by atoms with Gasteiger partial charge in [-0.15, -0.1) is 0 Å². The highest BCUT2D eigenvalue weighted by Gasteiger charge is 2.20. The average molecular weight is 288 g/mol. The van der Waals surface area contributed by atoms with Gasteiger partial charge in [-0.25, -0.2) is 0 Å². The van der Waals surface area contributed by atoms with E-state index in [0.717, 1.165) is 5.39 Å². The smallest absolute Gasteiger partial charge is 0.387 e. The summed E-state index contributed by atoms with van der Waals surface area (Å²) in [7, 11) is 0. The lowest BCUT2D eigenvalue weighted by atomic mass is 10.1. The largest absolute Gasteiger partial charge is 0.453 e. The third kappa shape index (κ3) is 2.63. The average Bonchev–Trinajstić information content (AvgIpc) is 2.90. The Labute approximate surface area is 118 Å². The molecule has 0 saturated heterocycles. The van der Waals surface area contributed by atoms with Crippen molar-refractivity contribution >= 4 is 16.8 Å². The Hall–Kier alpha value is -2.69. The molecule has 0 bridgehead atoms. The van der Waals surface area contributed by atoms with Crippen molar-refractivity contribution in [3.05, 3.63) is 65.9 Å². The van der Waals surface area contributed by atoms with E-state index < -0.39 is 12.4 Å². The van der Waals surface area contributed by atoms with Gasteiger partial charge >= 0.3 is 6.61 Å². The van der Waals surface area contributed by atoms with E-state index >= 15 is 0 Å². The van der Waals surface area contributed by atoms with Crippen LogP contribution in [0.25, 0.3) is 11.0 Å². The number of benzene rings is 2. The molecule has 1 aromatic heterocycles. The minimum atomic E-state index is -2.99. The Morgan fingerprint density at radius 3 is 2.52 bits per heavy atom. The van der Waals surface area contributed by atoms with Crippen LogP contribution in [0.15, 0.2) is 59.0 Å². The molecule has 3 rings (SSSR count). The van der Waals surface area contributed by atoms with Crippen LogP contribution >= 0.6 is 0 Å². The predicted octanol–water partition coefficient (Wildman–Crippen LogP) is 4.27. The summed E-state index contributed by atoms with van der Waals surface area (Å²) in [5.74, 6) is -0.582. The van der Waals surface area contributed by atoms with Crippen molar-refractivity contribution in [3.63, 3.8) is 0 Å². The molecule has 1 heterocycles. The molecule has 21 heavy (non-hydrogen) atoms. The quantitative estimate of drug-likeness (QED) is 0.673. The molecule has 0 aliphatic rings. The molecule has 3 nitrogen and oxygen atoms in total. The highest BCUT2D eigenvalue weighted by Crippen LogP contribution is 2.26. The Bertz CT molecular complexity index is 760. The first-order valence-corrected chi connectivity index (χ1v) is 6.22. The monoisotopic (exact) mass is 288 g/mol. The van der Waals surface area contributed by atoms with Crippen molar-refractivity contribution in [1.82, 2.24) is 0 Å². The molecule has 0 amide bonds. The zero-order chi connectivity index (χ0) is 14.8. The van der Waals surface area contributed by atoms with Crippen molar-refractivity contribution in [3.8, 4) is 5.75 Å². The minimum Gasteiger partial charge on any atom is -0.453 e. The number of furan rings is 1. The maximum absolute atomic E-state index is 12.4. The van der Waals surface area contributed by atoms with E-state index in [-0.39, 0.29) is 17.1 Å². The van der Waals surface area contributed by atoms with E-state index in [9.17, 15) is 13.6 Å². The van der Waals surface area contributed by atoms with E-state index in [0.29, 0.717) is 5.58 Å². The topological polar surface area (TPSA) is 39.4 Å². The lowest BCUT2D eigenvalue weighted by molar-refractivity contribution is -0.0501. The first-order valence-electron chi connectivity index (χ1n) is 6.22. The van der Waals surface area contributed by atoms with E-state index in [1.165, 1.54) is 18.2 Å². The Morgan fingerprint density at radius 1 is 1.05 bits per heavy atom. The number of ketones is 1. The van der Waals surface area contributed by atoms with Crippen molar-refractivity contribution in [2.45, 2.75) is 6.61 Å². The maximum atomic E-state index is 12.4. The molecular formula is C16H10F2O3. The van der Waals surface area contributed by atoms with Crippen molar-refractivity contribution in [2.24, 2.45) is 0 Å². The summed E-state index contributed by atoms with van der Waals surface area (Å²) in [5.41, 5.74) is 0.602. The second-order valence-electron chi connectivity index (χ2n) is 4.35. The number of carbonyl (C=O) groups excluding carboxylic acids is 1. The first kappa shape index (κ1) is 13.3. The molecule has 0 aliphatic heterocycles. The summed E-state index contributed by atoms with van der Waals surface area (Å²) in [6.07, 6.45) is 0. The second kappa shape index (κ2) is 5.36. The van der Waals surface area contributed by atoms with E-state index in [4.69, 9.17) is 4.42 Å². The van der Waals surface area contributed by atoms with Gasteiger partial charge in [0.1, 0.15) is 11.3 Å². The Balaban J connectivity index is 2.02. The fraction of sp³-hybridized carbons (Fsp3) is 0.0625. The molecule has 2 aromatic carbocycles. The summed E-state index contributed by atoms with van der Waals surface area (Å²) in [5, 5.41) is 0.771. The van der Waals surface area contributed by atoms with E-state index in [2.05, 4.69) is 4.74 Å². The third-order valence-electron chi connectivity index (χ3n) is 3.00. The number of hydrogen-bond acceptors (Lipinski definition) is 3. The van der Waals surface area contributed by atoms with Crippen LogP contribution in [0, 0.1) is 0 Å². The van der Waals surface area contributed by atoms with Gasteiger partial charge in [-0.1, -0.05) is 30.3 Å². The van der Waals surface area contributed by atoms with Gasteiger partial charge in [0.2, 0.25) is 5.78 Å². The highest BCUT2D eigenvalue weighted by atomic mass is 19.3. The van der Waals surface area contributed by atoms with Gasteiger partial charge in [0, 0.05) is 5.39 Å². The number of para-hydroxylation sites is 2. The number of ether oxygens (including phenoxy) is 1. The number of carbonyl (C=O) groups is 1. The zero-order valence-corrected chi connectivity index (χ0v) is 10.8. The SMILES string of the molecule is O=C(c1cc2ccccc2o1)c1ccccc1OC(F)F. The van der Waals surface area contributed by atoms with Gasteiger partial charge in [0.15, 0.2) is 5.76 Å². The fourth-order valence-corrected chi connectivity index (χ4v) is 2.08. The van der Waals surface area contributed by atoms with Crippen molar-refractivity contribution in [2.75, 3.05) is 0 Å². The summed E-state index contributed by atoms with van der Waals surface area (Å²) in [6, 6.07) is 14.6. The van der Waals surface area contributed by atoms with Crippen LogP contribution < -0.4 is 4.74 Å². The molecule has 0 radical (unpaired) electrons. The van der Waals surface area contributed by atoms with Crippen LogP contribution in [-0.2, 0) is 0 Å². The number of halogens is 2. The first-order chi connectivity index (χ1) is 10.1. The number of rotatable bonds is 4. The van der Waals surface area contributed by atoms with Gasteiger partial charge in [-0.3, -0.25) is 4.79 Å². The number of hydrogen-bond donors (Lipinski definition) is 0. The lowest BCUT2D eigenvalue weighted by Crippen LogP contribution is -2.08. The van der Waals surface area contributed by atoms with Crippen LogP contribution in [0.4, 0.5) is 8.78 Å². The van der Waals surface area contributed by atoms with Gasteiger partial charge in [-0.05, 0) is 24.3 Å². The maximum Gasteiger partial charge on any atom is 0.387 e. The molecule has 0 saturated carbocycles. The Kier molecular flexibility index (Phi) is 3.39. The molecule has 3 aromatic rings. The molecule has 5 heteroatoms. The standard InChI is InChI=1S/C16H10F2O3/c17-16(18)21-13-8-4-2-6-11(13)15(19)14-9-10-5-1-3-7-12(10)20-14/h1-9,16H. The minimum absolute atomic E-state index is 0.0388. The molecule has 0 fully saturated rings. The summed E-state index contributed by atoms with van der Waals surface area (Å²) in [6.45, 7) is -2.99. The molecule has 0 spiro atoms. The second-order valence-corrected chi connectivity index (χ2v) is 4.35. The normalized spacial score (nSPS) is 11.0.